The van der Waals surface area contributed by atoms with E-state index in [1.54, 1.807) is 17.8 Å². The Labute approximate surface area is 121 Å². The molecular formula is C13H15ClN2O2S. The van der Waals surface area contributed by atoms with Crippen LogP contribution in [0.15, 0.2) is 27.8 Å². The van der Waals surface area contributed by atoms with E-state index in [2.05, 4.69) is 9.88 Å². The Morgan fingerprint density at radius 1 is 1.32 bits per heavy atom. The first-order valence-electron chi connectivity index (χ1n) is 6.30. The van der Waals surface area contributed by atoms with Gasteiger partial charge in [0.25, 0.3) is 5.22 Å². The number of halogens is 1. The fraction of sp³-hybridized carbons (Fsp3) is 0.462. The molecule has 1 aromatic heterocycles. The molecule has 4 nitrogen and oxygen atoms in total. The molecule has 102 valence electrons. The molecule has 6 heteroatoms. The molecule has 1 aliphatic rings. The quantitative estimate of drug-likeness (QED) is 0.812. The summed E-state index contributed by atoms with van der Waals surface area (Å²) in [5.74, 6) is 0.973. The van der Waals surface area contributed by atoms with Gasteiger partial charge in [-0.1, -0.05) is 23.4 Å². The van der Waals surface area contributed by atoms with E-state index in [9.17, 15) is 0 Å². The van der Waals surface area contributed by atoms with E-state index in [1.807, 2.05) is 12.1 Å². The molecule has 1 saturated heterocycles. The second-order valence-corrected chi connectivity index (χ2v) is 5.88. The van der Waals surface area contributed by atoms with Crippen LogP contribution < -0.4 is 0 Å². The second kappa shape index (κ2) is 6.13. The Morgan fingerprint density at radius 3 is 3.00 bits per heavy atom. The number of hydrogen-bond acceptors (Lipinski definition) is 5. The van der Waals surface area contributed by atoms with Crippen molar-refractivity contribution < 1.29 is 9.15 Å². The molecule has 0 amide bonds. The summed E-state index contributed by atoms with van der Waals surface area (Å²) in [6, 6.07) is 5.51. The average molecular weight is 299 g/mol. The fourth-order valence-electron chi connectivity index (χ4n) is 2.03. The summed E-state index contributed by atoms with van der Waals surface area (Å²) in [7, 11) is 0. The summed E-state index contributed by atoms with van der Waals surface area (Å²) in [4.78, 5) is 6.83. The fourth-order valence-corrected chi connectivity index (χ4v) is 3.02. The van der Waals surface area contributed by atoms with Gasteiger partial charge in [0, 0.05) is 36.5 Å². The van der Waals surface area contributed by atoms with Crippen LogP contribution in [0.4, 0.5) is 0 Å². The minimum Gasteiger partial charge on any atom is -0.431 e. The number of morpholine rings is 1. The highest BCUT2D eigenvalue weighted by Gasteiger charge is 2.11. The molecule has 0 bridgehead atoms. The maximum Gasteiger partial charge on any atom is 0.256 e. The van der Waals surface area contributed by atoms with Crippen molar-refractivity contribution in [2.24, 2.45) is 0 Å². The molecule has 0 spiro atoms. The highest BCUT2D eigenvalue weighted by molar-refractivity contribution is 7.99. The number of fused-ring (bicyclic) bond motifs is 1. The summed E-state index contributed by atoms with van der Waals surface area (Å²) < 4.78 is 11.0. The molecule has 1 fully saturated rings. The molecular weight excluding hydrogens is 284 g/mol. The summed E-state index contributed by atoms with van der Waals surface area (Å²) in [5, 5.41) is 1.39. The highest BCUT2D eigenvalue weighted by atomic mass is 35.5. The van der Waals surface area contributed by atoms with Crippen molar-refractivity contribution in [3.8, 4) is 0 Å². The number of rotatable bonds is 4. The van der Waals surface area contributed by atoms with Gasteiger partial charge in [-0.25, -0.2) is 4.98 Å². The maximum atomic E-state index is 5.92. The van der Waals surface area contributed by atoms with E-state index in [-0.39, 0.29) is 0 Å². The van der Waals surface area contributed by atoms with E-state index >= 15 is 0 Å². The monoisotopic (exact) mass is 298 g/mol. The zero-order valence-corrected chi connectivity index (χ0v) is 12.0. The third-order valence-corrected chi connectivity index (χ3v) is 4.11. The van der Waals surface area contributed by atoms with Gasteiger partial charge in [0.2, 0.25) is 0 Å². The van der Waals surface area contributed by atoms with Crippen LogP contribution in [0.3, 0.4) is 0 Å². The Kier molecular flexibility index (Phi) is 4.28. The lowest BCUT2D eigenvalue weighted by molar-refractivity contribution is 0.0410. The standard InChI is InChI=1S/C13H15ClN2O2S/c14-10-1-2-11-12(9-10)18-13(15-11)19-8-5-16-3-6-17-7-4-16/h1-2,9H,3-8H2. The Hall–Kier alpha value is -0.750. The maximum absolute atomic E-state index is 5.92. The van der Waals surface area contributed by atoms with Crippen LogP contribution in [0.2, 0.25) is 5.02 Å². The van der Waals surface area contributed by atoms with Gasteiger partial charge in [-0.15, -0.1) is 0 Å². The van der Waals surface area contributed by atoms with Gasteiger partial charge in [-0.05, 0) is 12.1 Å². The molecule has 0 N–H and O–H groups in total. The van der Waals surface area contributed by atoms with Crippen molar-refractivity contribution in [1.29, 1.82) is 0 Å². The smallest absolute Gasteiger partial charge is 0.256 e. The summed E-state index contributed by atoms with van der Waals surface area (Å²) >= 11 is 7.56. The number of benzene rings is 1. The van der Waals surface area contributed by atoms with Gasteiger partial charge in [-0.3, -0.25) is 4.90 Å². The van der Waals surface area contributed by atoms with Crippen molar-refractivity contribution in [2.45, 2.75) is 5.22 Å². The van der Waals surface area contributed by atoms with Gasteiger partial charge in [0.05, 0.1) is 13.2 Å². The number of aromatic nitrogens is 1. The third-order valence-electron chi connectivity index (χ3n) is 3.07. The number of thioether (sulfide) groups is 1. The van der Waals surface area contributed by atoms with Crippen LogP contribution in [0.5, 0.6) is 0 Å². The SMILES string of the molecule is Clc1ccc2nc(SCCN3CCOCC3)oc2c1. The van der Waals surface area contributed by atoms with Gasteiger partial charge in [-0.2, -0.15) is 0 Å². The number of hydrogen-bond donors (Lipinski definition) is 0. The lowest BCUT2D eigenvalue weighted by Gasteiger charge is -2.25. The zero-order valence-electron chi connectivity index (χ0n) is 10.5. The number of oxazole rings is 1. The molecule has 0 radical (unpaired) electrons. The molecule has 0 saturated carbocycles. The van der Waals surface area contributed by atoms with Crippen LogP contribution in [-0.4, -0.2) is 48.5 Å². The molecule has 3 rings (SSSR count). The molecule has 2 aromatic rings. The topological polar surface area (TPSA) is 38.5 Å². The van der Waals surface area contributed by atoms with Crippen LogP contribution in [0.25, 0.3) is 11.1 Å². The molecule has 1 aromatic carbocycles. The van der Waals surface area contributed by atoms with Crippen molar-refractivity contribution in [3.63, 3.8) is 0 Å². The Bertz CT molecular complexity index is 555. The highest BCUT2D eigenvalue weighted by Crippen LogP contribution is 2.25. The molecule has 19 heavy (non-hydrogen) atoms. The summed E-state index contributed by atoms with van der Waals surface area (Å²) in [6.07, 6.45) is 0. The van der Waals surface area contributed by atoms with Gasteiger partial charge in [0.15, 0.2) is 5.58 Å². The predicted molar refractivity (Wildman–Crippen MR) is 77.0 cm³/mol. The molecule has 0 unspecified atom stereocenters. The van der Waals surface area contributed by atoms with Gasteiger partial charge < -0.3 is 9.15 Å². The Morgan fingerprint density at radius 2 is 2.16 bits per heavy atom. The summed E-state index contributed by atoms with van der Waals surface area (Å²) in [5.41, 5.74) is 1.61. The molecule has 0 aliphatic carbocycles. The first kappa shape index (κ1) is 13.2. The third kappa shape index (κ3) is 3.42. The van der Waals surface area contributed by atoms with Gasteiger partial charge >= 0.3 is 0 Å². The van der Waals surface area contributed by atoms with Crippen LogP contribution in [0.1, 0.15) is 0 Å². The Balaban J connectivity index is 1.56. The van der Waals surface area contributed by atoms with Gasteiger partial charge in [0.1, 0.15) is 5.52 Å². The molecule has 2 heterocycles. The normalized spacial score (nSPS) is 17.1. The number of nitrogens with zero attached hydrogens (tertiary/aromatic N) is 2. The lowest BCUT2D eigenvalue weighted by Crippen LogP contribution is -2.37. The minimum atomic E-state index is 0.675. The number of ether oxygens (including phenoxy) is 1. The van der Waals surface area contributed by atoms with Crippen LogP contribution in [-0.2, 0) is 4.74 Å². The van der Waals surface area contributed by atoms with Crippen molar-refractivity contribution >= 4 is 34.5 Å². The van der Waals surface area contributed by atoms with Crippen LogP contribution in [0, 0.1) is 0 Å². The van der Waals surface area contributed by atoms with Crippen LogP contribution >= 0.6 is 23.4 Å². The molecule has 0 atom stereocenters. The predicted octanol–water partition coefficient (Wildman–Crippen LogP) is 2.91. The van der Waals surface area contributed by atoms with Crippen molar-refractivity contribution in [1.82, 2.24) is 9.88 Å². The largest absolute Gasteiger partial charge is 0.431 e. The van der Waals surface area contributed by atoms with E-state index < -0.39 is 0 Å². The van der Waals surface area contributed by atoms with Crippen molar-refractivity contribution in [2.75, 3.05) is 38.6 Å². The first-order chi connectivity index (χ1) is 9.31. The lowest BCUT2D eigenvalue weighted by atomic mass is 10.3. The first-order valence-corrected chi connectivity index (χ1v) is 7.66. The molecule has 1 aliphatic heterocycles. The minimum absolute atomic E-state index is 0.675. The summed E-state index contributed by atoms with van der Waals surface area (Å²) in [6.45, 7) is 4.75. The van der Waals surface area contributed by atoms with E-state index in [0.29, 0.717) is 10.2 Å². The second-order valence-electron chi connectivity index (χ2n) is 4.39. The van der Waals surface area contributed by atoms with E-state index in [1.165, 1.54) is 0 Å². The zero-order chi connectivity index (χ0) is 13.1. The van der Waals surface area contributed by atoms with E-state index in [0.717, 1.165) is 49.7 Å². The van der Waals surface area contributed by atoms with E-state index in [4.69, 9.17) is 20.8 Å². The average Bonchev–Trinajstić information content (AvgIpc) is 2.82. The van der Waals surface area contributed by atoms with Crippen molar-refractivity contribution in [3.05, 3.63) is 23.2 Å².